The second-order valence-corrected chi connectivity index (χ2v) is 10.3. The van der Waals surface area contributed by atoms with Crippen LogP contribution in [0, 0.1) is 0 Å². The van der Waals surface area contributed by atoms with Crippen LogP contribution >= 0.6 is 46.4 Å². The topological polar surface area (TPSA) is 24.5 Å². The maximum Gasteiger partial charge on any atom is 0.352 e. The SMILES string of the molecule is COc1cc(Cl)c([N+]2=C3C(=[N+](c4c(Cl)cc(OC)cc4Cl)C2C)c2cccc4cccc3c24)c(Cl)c1. The molecule has 0 radical (unpaired) electrons. The minimum absolute atomic E-state index is 0.259. The molecule has 180 valence electrons. The Kier molecular flexibility index (Phi) is 5.69. The summed E-state index contributed by atoms with van der Waals surface area (Å²) in [6.45, 7) is 2.08. The smallest absolute Gasteiger partial charge is 0.352 e. The molecule has 4 nitrogen and oxygen atoms in total. The first-order valence-electron chi connectivity index (χ1n) is 11.3. The van der Waals surface area contributed by atoms with E-state index in [9.17, 15) is 0 Å². The molecule has 0 atom stereocenters. The first kappa shape index (κ1) is 23.6. The zero-order valence-corrected chi connectivity index (χ0v) is 22.6. The van der Waals surface area contributed by atoms with Crippen molar-refractivity contribution in [2.75, 3.05) is 14.2 Å². The van der Waals surface area contributed by atoms with Crippen LogP contribution in [0.4, 0.5) is 11.4 Å². The number of fused-ring (bicyclic) bond motifs is 3. The molecule has 1 aliphatic heterocycles. The highest BCUT2D eigenvalue weighted by Gasteiger charge is 2.55. The first-order valence-corrected chi connectivity index (χ1v) is 12.8. The summed E-state index contributed by atoms with van der Waals surface area (Å²) in [6.07, 6.45) is -0.259. The summed E-state index contributed by atoms with van der Waals surface area (Å²) in [6, 6.07) is 19.7. The summed E-state index contributed by atoms with van der Waals surface area (Å²) in [7, 11) is 3.18. The summed E-state index contributed by atoms with van der Waals surface area (Å²) < 4.78 is 15.1. The van der Waals surface area contributed by atoms with Gasteiger partial charge in [-0.15, -0.1) is 9.15 Å². The number of ether oxygens (including phenoxy) is 2. The summed E-state index contributed by atoms with van der Waals surface area (Å²) >= 11 is 27.4. The fourth-order valence-corrected chi connectivity index (χ4v) is 6.64. The van der Waals surface area contributed by atoms with E-state index in [1.165, 1.54) is 0 Å². The van der Waals surface area contributed by atoms with Crippen molar-refractivity contribution in [3.63, 3.8) is 0 Å². The monoisotopic (exact) mass is 556 g/mol. The maximum atomic E-state index is 6.84. The fourth-order valence-electron chi connectivity index (χ4n) is 5.35. The van der Waals surface area contributed by atoms with Crippen LogP contribution in [-0.4, -0.2) is 41.0 Å². The average Bonchev–Trinajstić information content (AvgIpc) is 3.32. The molecule has 8 heteroatoms. The lowest BCUT2D eigenvalue weighted by atomic mass is 10.0. The van der Waals surface area contributed by atoms with Gasteiger partial charge in [0.2, 0.25) is 11.4 Å². The molecule has 0 N–H and O–H groups in total. The Bertz CT molecular complexity index is 1510. The Hall–Kier alpha value is -2.76. The molecule has 4 aromatic carbocycles. The Morgan fingerprint density at radius 2 is 1.03 bits per heavy atom. The van der Waals surface area contributed by atoms with Gasteiger partial charge in [0.25, 0.3) is 11.4 Å². The molecule has 6 rings (SSSR count). The van der Waals surface area contributed by atoms with E-state index in [4.69, 9.17) is 55.9 Å². The Morgan fingerprint density at radius 1 is 0.639 bits per heavy atom. The Balaban J connectivity index is 1.73. The molecule has 0 bridgehead atoms. The molecule has 2 aliphatic rings. The average molecular weight is 558 g/mol. The van der Waals surface area contributed by atoms with E-state index in [1.807, 2.05) is 0 Å². The van der Waals surface area contributed by atoms with Crippen molar-refractivity contribution in [3.8, 4) is 11.5 Å². The molecule has 1 aliphatic carbocycles. The van der Waals surface area contributed by atoms with E-state index in [0.29, 0.717) is 43.0 Å². The van der Waals surface area contributed by atoms with E-state index >= 15 is 0 Å². The van der Waals surface area contributed by atoms with Gasteiger partial charge >= 0.3 is 6.17 Å². The molecule has 0 saturated carbocycles. The Labute approximate surface area is 228 Å². The zero-order valence-electron chi connectivity index (χ0n) is 19.6. The number of hydrogen-bond acceptors (Lipinski definition) is 2. The van der Waals surface area contributed by atoms with Crippen LogP contribution in [-0.2, 0) is 0 Å². The molecule has 0 amide bonds. The van der Waals surface area contributed by atoms with Crippen LogP contribution in [0.3, 0.4) is 0 Å². The number of halogens is 4. The summed E-state index contributed by atoms with van der Waals surface area (Å²) in [5.41, 5.74) is 5.55. The predicted octanol–water partition coefficient (Wildman–Crippen LogP) is 8.11. The highest BCUT2D eigenvalue weighted by Crippen LogP contribution is 2.46. The first-order chi connectivity index (χ1) is 17.3. The van der Waals surface area contributed by atoms with E-state index in [0.717, 1.165) is 33.3 Å². The minimum atomic E-state index is -0.259. The van der Waals surface area contributed by atoms with Gasteiger partial charge in [0, 0.05) is 29.7 Å². The standard InChI is InChI=1S/C28H20Cl4N2O2/c1-14-33(27-20(29)10-16(35-2)11-21(27)30)25-18-8-4-6-15-7-5-9-19(24(15)18)26(25)34(14)28-22(31)12-17(36-3)13-23(28)32/h4-14H,1-3H3/q+2. The number of benzene rings is 4. The van der Waals surface area contributed by atoms with Gasteiger partial charge in [-0.1, -0.05) is 70.7 Å². The fraction of sp³-hybridized carbons (Fsp3) is 0.143. The molecule has 0 saturated heterocycles. The summed E-state index contributed by atoms with van der Waals surface area (Å²) in [5.74, 6) is 1.18. The predicted molar refractivity (Wildman–Crippen MR) is 147 cm³/mol. The lowest BCUT2D eigenvalue weighted by Gasteiger charge is -2.12. The molecule has 1 heterocycles. The van der Waals surface area contributed by atoms with Crippen molar-refractivity contribution < 1.29 is 18.6 Å². The van der Waals surface area contributed by atoms with Gasteiger partial charge in [0.1, 0.15) is 31.6 Å². The lowest BCUT2D eigenvalue weighted by molar-refractivity contribution is -0.687. The van der Waals surface area contributed by atoms with Gasteiger partial charge in [-0.05, 0) is 17.5 Å². The van der Waals surface area contributed by atoms with E-state index < -0.39 is 0 Å². The van der Waals surface area contributed by atoms with Gasteiger partial charge in [-0.3, -0.25) is 0 Å². The largest absolute Gasteiger partial charge is 0.497 e. The van der Waals surface area contributed by atoms with Crippen molar-refractivity contribution in [1.82, 2.24) is 0 Å². The van der Waals surface area contributed by atoms with Gasteiger partial charge in [0.15, 0.2) is 0 Å². The van der Waals surface area contributed by atoms with Crippen molar-refractivity contribution in [2.24, 2.45) is 0 Å². The molecule has 36 heavy (non-hydrogen) atoms. The molecule has 0 unspecified atom stereocenters. The maximum absolute atomic E-state index is 6.84. The third-order valence-corrected chi connectivity index (χ3v) is 7.95. The van der Waals surface area contributed by atoms with Crippen molar-refractivity contribution in [1.29, 1.82) is 0 Å². The second kappa shape index (κ2) is 8.67. The number of methoxy groups -OCH3 is 2. The van der Waals surface area contributed by atoms with Crippen molar-refractivity contribution >= 4 is 80.0 Å². The van der Waals surface area contributed by atoms with E-state index in [2.05, 4.69) is 52.5 Å². The Morgan fingerprint density at radius 3 is 1.39 bits per heavy atom. The molecule has 0 spiro atoms. The van der Waals surface area contributed by atoms with Crippen LogP contribution in [0.15, 0.2) is 60.7 Å². The highest BCUT2D eigenvalue weighted by molar-refractivity contribution is 6.58. The molecular formula is C28H20Cl4N2O2+2. The lowest BCUT2D eigenvalue weighted by Crippen LogP contribution is -2.27. The molecular weight excluding hydrogens is 538 g/mol. The quantitative estimate of drug-likeness (QED) is 0.237. The van der Waals surface area contributed by atoms with Crippen LogP contribution < -0.4 is 9.47 Å². The van der Waals surface area contributed by atoms with Crippen molar-refractivity contribution in [3.05, 3.63) is 91.9 Å². The van der Waals surface area contributed by atoms with Crippen LogP contribution in [0.25, 0.3) is 10.8 Å². The molecule has 0 aromatic heterocycles. The van der Waals surface area contributed by atoms with Crippen LogP contribution in [0.1, 0.15) is 18.1 Å². The van der Waals surface area contributed by atoms with Gasteiger partial charge in [0.05, 0.1) is 32.3 Å². The van der Waals surface area contributed by atoms with Crippen LogP contribution in [0.2, 0.25) is 20.1 Å². The second-order valence-electron chi connectivity index (χ2n) is 8.66. The van der Waals surface area contributed by atoms with E-state index in [-0.39, 0.29) is 6.17 Å². The van der Waals surface area contributed by atoms with Gasteiger partial charge in [-0.25, -0.2) is 0 Å². The number of rotatable bonds is 4. The minimum Gasteiger partial charge on any atom is -0.497 e. The summed E-state index contributed by atoms with van der Waals surface area (Å²) in [5, 5.41) is 4.23. The van der Waals surface area contributed by atoms with Gasteiger partial charge < -0.3 is 9.47 Å². The van der Waals surface area contributed by atoms with Crippen LogP contribution in [0.5, 0.6) is 11.5 Å². The highest BCUT2D eigenvalue weighted by atomic mass is 35.5. The number of hydrogen-bond donors (Lipinski definition) is 0. The van der Waals surface area contributed by atoms with E-state index in [1.54, 1.807) is 38.5 Å². The zero-order chi connectivity index (χ0) is 25.3. The third-order valence-electron chi connectivity index (χ3n) is 6.80. The van der Waals surface area contributed by atoms with Gasteiger partial charge in [-0.2, -0.15) is 0 Å². The molecule has 0 fully saturated rings. The summed E-state index contributed by atoms with van der Waals surface area (Å²) in [4.78, 5) is 0. The van der Waals surface area contributed by atoms with Crippen molar-refractivity contribution in [2.45, 2.75) is 13.1 Å². The third kappa shape index (κ3) is 3.29. The molecule has 4 aromatic rings. The number of nitrogens with zero attached hydrogens (tertiary/aromatic N) is 2. The normalized spacial score (nSPS) is 14.8.